The van der Waals surface area contributed by atoms with Gasteiger partial charge in [-0.25, -0.2) is 14.0 Å². The highest BCUT2D eigenvalue weighted by Gasteiger charge is 2.36. The molecule has 0 saturated heterocycles. The first kappa shape index (κ1) is 14.0. The molecule has 0 radical (unpaired) electrons. The number of nitrogens with zero attached hydrogens (tertiary/aromatic N) is 1. The Morgan fingerprint density at radius 2 is 2.33 bits per heavy atom. The number of methoxy groups -OCH3 is 1. The molecule has 0 fully saturated rings. The molecule has 0 aliphatic heterocycles. The van der Waals surface area contributed by atoms with Crippen molar-refractivity contribution in [2.45, 2.75) is 18.6 Å². The molecular formula is C12H12FNO4. The molecule has 1 aromatic rings. The van der Waals surface area contributed by atoms with Crippen LogP contribution in [-0.2, 0) is 20.7 Å². The number of benzene rings is 1. The lowest BCUT2D eigenvalue weighted by molar-refractivity contribution is -0.162. The van der Waals surface area contributed by atoms with Crippen molar-refractivity contribution in [3.63, 3.8) is 0 Å². The summed E-state index contributed by atoms with van der Waals surface area (Å²) in [5, 5.41) is 9.81. The summed E-state index contributed by atoms with van der Waals surface area (Å²) in [5.41, 5.74) is -1.71. The van der Waals surface area contributed by atoms with Gasteiger partial charge in [0.25, 0.3) is 5.72 Å². The molecule has 0 heterocycles. The summed E-state index contributed by atoms with van der Waals surface area (Å²) in [6, 6.07) is 5.68. The number of hydrogen-bond acceptors (Lipinski definition) is 5. The second kappa shape index (κ2) is 6.05. The number of hydrogen-bond donors (Lipinski definition) is 1. The minimum atomic E-state index is -2.27. The van der Waals surface area contributed by atoms with E-state index in [4.69, 9.17) is 0 Å². The zero-order chi connectivity index (χ0) is 13.6. The zero-order valence-corrected chi connectivity index (χ0v) is 9.72. The first-order valence-corrected chi connectivity index (χ1v) is 5.16. The van der Waals surface area contributed by atoms with Crippen LogP contribution < -0.4 is 0 Å². The number of esters is 1. The fourth-order valence-corrected chi connectivity index (χ4v) is 1.45. The Kier molecular flexibility index (Phi) is 4.71. The summed E-state index contributed by atoms with van der Waals surface area (Å²) < 4.78 is 17.3. The van der Waals surface area contributed by atoms with Gasteiger partial charge in [-0.05, 0) is 24.1 Å². The number of aryl methyl sites for hydroxylation is 1. The monoisotopic (exact) mass is 253 g/mol. The van der Waals surface area contributed by atoms with Crippen LogP contribution in [0.2, 0.25) is 0 Å². The molecule has 0 aromatic heterocycles. The molecule has 6 heteroatoms. The standard InChI is InChI=1S/C12H12FNO4/c1-18-11(16)12(17,14-8-15)6-5-9-3-2-4-10(13)7-9/h2-4,7,17H,5-6H2,1H3. The molecule has 5 nitrogen and oxygen atoms in total. The highest BCUT2D eigenvalue weighted by atomic mass is 19.1. The molecule has 0 saturated carbocycles. The molecule has 0 amide bonds. The van der Waals surface area contributed by atoms with Gasteiger partial charge < -0.3 is 9.84 Å². The van der Waals surface area contributed by atoms with E-state index in [0.717, 1.165) is 13.2 Å². The van der Waals surface area contributed by atoms with Gasteiger partial charge in [0.15, 0.2) is 0 Å². The van der Waals surface area contributed by atoms with Gasteiger partial charge in [0, 0.05) is 6.42 Å². The van der Waals surface area contributed by atoms with E-state index in [-0.39, 0.29) is 12.8 Å². The Labute approximate surface area is 103 Å². The number of aliphatic imine (C=N–C) groups is 1. The Morgan fingerprint density at radius 1 is 1.61 bits per heavy atom. The molecule has 1 unspecified atom stereocenters. The van der Waals surface area contributed by atoms with Gasteiger partial charge in [-0.1, -0.05) is 12.1 Å². The van der Waals surface area contributed by atoms with E-state index in [2.05, 4.69) is 9.73 Å². The van der Waals surface area contributed by atoms with E-state index >= 15 is 0 Å². The first-order chi connectivity index (χ1) is 8.51. The Morgan fingerprint density at radius 3 is 2.89 bits per heavy atom. The second-order valence-electron chi connectivity index (χ2n) is 3.64. The third-order valence-electron chi connectivity index (χ3n) is 2.39. The van der Waals surface area contributed by atoms with Crippen LogP contribution in [0.25, 0.3) is 0 Å². The van der Waals surface area contributed by atoms with Gasteiger partial charge >= 0.3 is 5.97 Å². The Bertz CT molecular complexity index is 485. The summed E-state index contributed by atoms with van der Waals surface area (Å²) >= 11 is 0. The maximum absolute atomic E-state index is 12.9. The molecular weight excluding hydrogens is 241 g/mol. The van der Waals surface area contributed by atoms with E-state index in [1.807, 2.05) is 0 Å². The topological polar surface area (TPSA) is 76.0 Å². The van der Waals surface area contributed by atoms with Crippen LogP contribution in [0.4, 0.5) is 4.39 Å². The van der Waals surface area contributed by atoms with Crippen molar-refractivity contribution in [1.29, 1.82) is 0 Å². The van der Waals surface area contributed by atoms with Gasteiger partial charge in [-0.3, -0.25) is 0 Å². The van der Waals surface area contributed by atoms with Crippen LogP contribution >= 0.6 is 0 Å². The summed E-state index contributed by atoms with van der Waals surface area (Å²) in [6.45, 7) is 0. The van der Waals surface area contributed by atoms with Crippen LogP contribution in [-0.4, -0.2) is 30.0 Å². The van der Waals surface area contributed by atoms with Crippen molar-refractivity contribution < 1.29 is 23.8 Å². The molecule has 18 heavy (non-hydrogen) atoms. The maximum Gasteiger partial charge on any atom is 0.362 e. The number of carbonyl (C=O) groups is 1. The molecule has 0 aliphatic rings. The molecule has 0 bridgehead atoms. The highest BCUT2D eigenvalue weighted by Crippen LogP contribution is 2.18. The average Bonchev–Trinajstić information content (AvgIpc) is 2.36. The van der Waals surface area contributed by atoms with Crippen molar-refractivity contribution in [3.05, 3.63) is 35.6 Å². The van der Waals surface area contributed by atoms with Crippen LogP contribution in [0.15, 0.2) is 29.3 Å². The van der Waals surface area contributed by atoms with Gasteiger partial charge in [0.1, 0.15) is 5.82 Å². The quantitative estimate of drug-likeness (QED) is 0.481. The van der Waals surface area contributed by atoms with Gasteiger partial charge in [-0.2, -0.15) is 4.99 Å². The van der Waals surface area contributed by atoms with E-state index in [9.17, 15) is 19.1 Å². The van der Waals surface area contributed by atoms with Gasteiger partial charge in [0.2, 0.25) is 6.08 Å². The van der Waals surface area contributed by atoms with Crippen molar-refractivity contribution in [1.82, 2.24) is 0 Å². The summed E-state index contributed by atoms with van der Waals surface area (Å²) in [5.74, 6) is -1.48. The van der Waals surface area contributed by atoms with Crippen molar-refractivity contribution in [2.24, 2.45) is 4.99 Å². The van der Waals surface area contributed by atoms with E-state index in [0.29, 0.717) is 5.56 Å². The Hall–Kier alpha value is -2.04. The lowest BCUT2D eigenvalue weighted by Crippen LogP contribution is -2.38. The largest absolute Gasteiger partial charge is 0.465 e. The van der Waals surface area contributed by atoms with Crippen LogP contribution in [0.5, 0.6) is 0 Å². The molecule has 1 aromatic carbocycles. The number of carbonyl (C=O) groups excluding carboxylic acids is 2. The fourth-order valence-electron chi connectivity index (χ4n) is 1.45. The van der Waals surface area contributed by atoms with Gasteiger partial charge in [0.05, 0.1) is 7.11 Å². The zero-order valence-electron chi connectivity index (χ0n) is 9.72. The van der Waals surface area contributed by atoms with Crippen molar-refractivity contribution in [2.75, 3.05) is 7.11 Å². The molecule has 1 atom stereocenters. The lowest BCUT2D eigenvalue weighted by atomic mass is 10.0. The molecule has 1 rings (SSSR count). The number of aliphatic hydroxyl groups is 1. The molecule has 96 valence electrons. The predicted octanol–water partition coefficient (Wildman–Crippen LogP) is 0.956. The molecule has 0 aliphatic carbocycles. The van der Waals surface area contributed by atoms with E-state index in [1.54, 1.807) is 6.07 Å². The fraction of sp³-hybridized carbons (Fsp3) is 0.333. The van der Waals surface area contributed by atoms with Crippen LogP contribution in [0.3, 0.4) is 0 Å². The van der Waals surface area contributed by atoms with Crippen molar-refractivity contribution in [3.8, 4) is 0 Å². The predicted molar refractivity (Wildman–Crippen MR) is 59.8 cm³/mol. The third-order valence-corrected chi connectivity index (χ3v) is 2.39. The summed E-state index contributed by atoms with van der Waals surface area (Å²) in [4.78, 5) is 24.5. The summed E-state index contributed by atoms with van der Waals surface area (Å²) in [7, 11) is 1.07. The molecule has 1 N–H and O–H groups in total. The highest BCUT2D eigenvalue weighted by molar-refractivity contribution is 5.79. The van der Waals surface area contributed by atoms with Gasteiger partial charge in [-0.15, -0.1) is 0 Å². The van der Waals surface area contributed by atoms with E-state index in [1.165, 1.54) is 18.2 Å². The Balaban J connectivity index is 2.80. The normalized spacial score (nSPS) is 13.3. The SMILES string of the molecule is COC(=O)C(O)(CCc1cccc(F)c1)N=C=O. The third kappa shape index (κ3) is 3.48. The molecule has 0 spiro atoms. The van der Waals surface area contributed by atoms with Crippen molar-refractivity contribution >= 4 is 12.0 Å². The number of ether oxygens (including phenoxy) is 1. The minimum Gasteiger partial charge on any atom is -0.465 e. The number of rotatable bonds is 5. The average molecular weight is 253 g/mol. The first-order valence-electron chi connectivity index (χ1n) is 5.16. The smallest absolute Gasteiger partial charge is 0.362 e. The number of halogens is 1. The lowest BCUT2D eigenvalue weighted by Gasteiger charge is -2.18. The van der Waals surface area contributed by atoms with Crippen LogP contribution in [0.1, 0.15) is 12.0 Å². The minimum absolute atomic E-state index is 0.161. The summed E-state index contributed by atoms with van der Waals surface area (Å²) in [6.07, 6.45) is 1.09. The van der Waals surface area contributed by atoms with Crippen LogP contribution in [0, 0.1) is 5.82 Å². The maximum atomic E-state index is 12.9. The van der Waals surface area contributed by atoms with E-state index < -0.39 is 17.5 Å². The second-order valence-corrected chi connectivity index (χ2v) is 3.64. The number of isocyanates is 1.